The maximum Gasteiger partial charge on any atom is 0.330 e. The molecule has 2 N–H and O–H groups in total. The summed E-state index contributed by atoms with van der Waals surface area (Å²) in [6.07, 6.45) is 6.95. The lowest BCUT2D eigenvalue weighted by atomic mass is 10.1. The van der Waals surface area contributed by atoms with Gasteiger partial charge in [0.1, 0.15) is 5.82 Å². The van der Waals surface area contributed by atoms with Crippen molar-refractivity contribution in [2.75, 3.05) is 41.1 Å². The maximum absolute atomic E-state index is 13.7. The second-order valence-electron chi connectivity index (χ2n) is 9.15. The average molecular weight is 485 g/mol. The molecule has 0 spiro atoms. The summed E-state index contributed by atoms with van der Waals surface area (Å²) in [5.41, 5.74) is 2.75. The van der Waals surface area contributed by atoms with Crippen molar-refractivity contribution < 1.29 is 9.59 Å². The van der Waals surface area contributed by atoms with Crippen molar-refractivity contribution in [2.24, 2.45) is 5.92 Å². The molecule has 0 atom stereocenters. The van der Waals surface area contributed by atoms with Crippen molar-refractivity contribution in [3.63, 3.8) is 0 Å². The summed E-state index contributed by atoms with van der Waals surface area (Å²) in [6, 6.07) is 10.8. The normalized spacial score (nSPS) is 14.8. The number of anilines is 6. The van der Waals surface area contributed by atoms with Crippen LogP contribution in [0.3, 0.4) is 0 Å². The number of amides is 3. The van der Waals surface area contributed by atoms with E-state index in [1.54, 1.807) is 35.5 Å². The molecular weight excluding hydrogens is 456 g/mol. The summed E-state index contributed by atoms with van der Waals surface area (Å²) in [7, 11) is 3.86. The fraction of sp³-hybridized carbons (Fsp3) is 0.269. The highest BCUT2D eigenvalue weighted by molar-refractivity contribution is 6.03. The van der Waals surface area contributed by atoms with E-state index in [1.807, 2.05) is 42.1 Å². The molecule has 1 aliphatic carbocycles. The Hall–Kier alpha value is -4.47. The van der Waals surface area contributed by atoms with Gasteiger partial charge in [-0.15, -0.1) is 0 Å². The number of carbonyl (C=O) groups excluding carboxylic acids is 2. The summed E-state index contributed by atoms with van der Waals surface area (Å²) >= 11 is 0. The van der Waals surface area contributed by atoms with E-state index < -0.39 is 0 Å². The Labute approximate surface area is 209 Å². The van der Waals surface area contributed by atoms with Crippen molar-refractivity contribution in [3.8, 4) is 0 Å². The molecule has 1 fully saturated rings. The number of hydrogen-bond acceptors (Lipinski definition) is 7. The fourth-order valence-corrected chi connectivity index (χ4v) is 4.03. The van der Waals surface area contributed by atoms with Gasteiger partial charge in [0.05, 0.1) is 24.1 Å². The lowest BCUT2D eigenvalue weighted by Crippen LogP contribution is -2.46. The Bertz CT molecular complexity index is 1300. The highest BCUT2D eigenvalue weighted by Crippen LogP contribution is 2.38. The molecule has 5 rings (SSSR count). The monoisotopic (exact) mass is 484 g/mol. The summed E-state index contributed by atoms with van der Waals surface area (Å²) in [5, 5.41) is 5.94. The van der Waals surface area contributed by atoms with E-state index in [-0.39, 0.29) is 11.9 Å². The second-order valence-corrected chi connectivity index (χ2v) is 9.15. The number of urea groups is 1. The van der Waals surface area contributed by atoms with E-state index in [1.165, 1.54) is 6.08 Å². The van der Waals surface area contributed by atoms with Crippen LogP contribution in [-0.4, -0.2) is 52.4 Å². The molecule has 10 nitrogen and oxygen atoms in total. The first-order valence-electron chi connectivity index (χ1n) is 11.8. The van der Waals surface area contributed by atoms with Gasteiger partial charge in [-0.3, -0.25) is 4.79 Å². The van der Waals surface area contributed by atoms with E-state index in [4.69, 9.17) is 4.98 Å². The van der Waals surface area contributed by atoms with Gasteiger partial charge in [0.2, 0.25) is 11.9 Å². The topological polar surface area (TPSA) is 107 Å². The first kappa shape index (κ1) is 23.3. The van der Waals surface area contributed by atoms with Crippen LogP contribution in [0.1, 0.15) is 18.4 Å². The van der Waals surface area contributed by atoms with Gasteiger partial charge < -0.3 is 20.4 Å². The molecule has 3 aromatic rings. The Balaban J connectivity index is 1.49. The van der Waals surface area contributed by atoms with Crippen LogP contribution in [0.25, 0.3) is 0 Å². The highest BCUT2D eigenvalue weighted by atomic mass is 16.2. The molecule has 2 aromatic heterocycles. The third-order valence-electron chi connectivity index (χ3n) is 6.07. The molecule has 0 radical (unpaired) electrons. The molecule has 1 aliphatic heterocycles. The molecule has 1 saturated carbocycles. The van der Waals surface area contributed by atoms with Crippen LogP contribution in [0.5, 0.6) is 0 Å². The minimum absolute atomic E-state index is 0.150. The van der Waals surface area contributed by atoms with Crippen molar-refractivity contribution in [1.82, 2.24) is 19.9 Å². The molecule has 3 amide bonds. The van der Waals surface area contributed by atoms with E-state index >= 15 is 0 Å². The van der Waals surface area contributed by atoms with Crippen LogP contribution in [0.2, 0.25) is 0 Å². The molecular formula is C26H28N8O2. The molecule has 0 saturated heterocycles. The Kier molecular flexibility index (Phi) is 6.24. The predicted octanol–water partition coefficient (Wildman–Crippen LogP) is 4.29. The first-order valence-corrected chi connectivity index (χ1v) is 11.8. The van der Waals surface area contributed by atoms with Crippen LogP contribution in [-0.2, 0) is 11.3 Å². The quantitative estimate of drug-likeness (QED) is 0.460. The van der Waals surface area contributed by atoms with Crippen LogP contribution >= 0.6 is 0 Å². The molecule has 0 bridgehead atoms. The smallest absolute Gasteiger partial charge is 0.330 e. The predicted molar refractivity (Wildman–Crippen MR) is 140 cm³/mol. The van der Waals surface area contributed by atoms with Crippen LogP contribution in [0.4, 0.5) is 39.4 Å². The van der Waals surface area contributed by atoms with Crippen LogP contribution < -0.4 is 20.4 Å². The van der Waals surface area contributed by atoms with Crippen molar-refractivity contribution in [1.29, 1.82) is 0 Å². The van der Waals surface area contributed by atoms with Gasteiger partial charge in [0, 0.05) is 38.1 Å². The Morgan fingerprint density at radius 1 is 1.17 bits per heavy atom. The molecule has 184 valence electrons. The fourth-order valence-electron chi connectivity index (χ4n) is 4.03. The van der Waals surface area contributed by atoms with E-state index in [0.717, 1.165) is 29.9 Å². The third-order valence-corrected chi connectivity index (χ3v) is 6.07. The number of benzene rings is 1. The number of fused-ring (bicyclic) bond motifs is 1. The summed E-state index contributed by atoms with van der Waals surface area (Å²) < 4.78 is 0. The van der Waals surface area contributed by atoms with Crippen LogP contribution in [0, 0.1) is 5.92 Å². The molecule has 36 heavy (non-hydrogen) atoms. The number of nitrogens with zero attached hydrogens (tertiary/aromatic N) is 6. The number of pyridine rings is 1. The van der Waals surface area contributed by atoms with Gasteiger partial charge in [-0.1, -0.05) is 12.6 Å². The molecule has 10 heteroatoms. The van der Waals surface area contributed by atoms with E-state index in [0.29, 0.717) is 42.1 Å². The van der Waals surface area contributed by atoms with Crippen molar-refractivity contribution >= 4 is 46.6 Å². The number of hydrogen-bond donors (Lipinski definition) is 2. The van der Waals surface area contributed by atoms with Gasteiger partial charge in [-0.25, -0.2) is 19.7 Å². The lowest BCUT2D eigenvalue weighted by Gasteiger charge is -2.36. The minimum Gasteiger partial charge on any atom is -0.363 e. The van der Waals surface area contributed by atoms with Gasteiger partial charge in [0.25, 0.3) is 0 Å². The Morgan fingerprint density at radius 3 is 2.69 bits per heavy atom. The lowest BCUT2D eigenvalue weighted by molar-refractivity contribution is -0.111. The van der Waals surface area contributed by atoms with Gasteiger partial charge >= 0.3 is 6.03 Å². The summed E-state index contributed by atoms with van der Waals surface area (Å²) in [6.45, 7) is 4.65. The standard InChI is InChI=1S/C26H28N8O2/c1-4-23(35)29-19-6-5-7-21(12-19)34-24-18(16-33(26(34)36)15-17-8-9-17)13-28-25(31-24)30-20-10-11-22(27-14-20)32(2)3/h4-7,10-14,17H,1,8-9,15-16H2,2-3H3,(H,29,35)(H,28,30,31). The number of carbonyl (C=O) groups is 2. The minimum atomic E-state index is -0.324. The molecule has 3 heterocycles. The molecule has 0 unspecified atom stereocenters. The third kappa shape index (κ3) is 4.97. The highest BCUT2D eigenvalue weighted by Gasteiger charge is 2.36. The van der Waals surface area contributed by atoms with Crippen molar-refractivity contribution in [2.45, 2.75) is 19.4 Å². The second kappa shape index (κ2) is 9.65. The number of aromatic nitrogens is 3. The summed E-state index contributed by atoms with van der Waals surface area (Å²) in [5.74, 6) is 1.92. The zero-order chi connectivity index (χ0) is 25.2. The zero-order valence-corrected chi connectivity index (χ0v) is 20.3. The van der Waals surface area contributed by atoms with E-state index in [9.17, 15) is 9.59 Å². The average Bonchev–Trinajstić information content (AvgIpc) is 3.69. The number of rotatable bonds is 8. The van der Waals surface area contributed by atoms with E-state index in [2.05, 4.69) is 27.2 Å². The van der Waals surface area contributed by atoms with Gasteiger partial charge in [-0.05, 0) is 55.2 Å². The van der Waals surface area contributed by atoms with Gasteiger partial charge in [-0.2, -0.15) is 4.98 Å². The molecule has 1 aromatic carbocycles. The van der Waals surface area contributed by atoms with Crippen molar-refractivity contribution in [3.05, 3.63) is 67.0 Å². The Morgan fingerprint density at radius 2 is 2.00 bits per heavy atom. The van der Waals surface area contributed by atoms with Crippen LogP contribution in [0.15, 0.2) is 61.4 Å². The van der Waals surface area contributed by atoms with Gasteiger partial charge in [0.15, 0.2) is 5.82 Å². The SMILES string of the molecule is C=CC(=O)Nc1cccc(N2C(=O)N(CC3CC3)Cc3cnc(Nc4ccc(N(C)C)nc4)nc32)c1. The molecule has 2 aliphatic rings. The largest absolute Gasteiger partial charge is 0.363 e. The first-order chi connectivity index (χ1) is 17.4. The maximum atomic E-state index is 13.7. The number of nitrogens with one attached hydrogen (secondary N) is 2. The zero-order valence-electron chi connectivity index (χ0n) is 20.3. The summed E-state index contributed by atoms with van der Waals surface area (Å²) in [4.78, 5) is 44.5.